The van der Waals surface area contributed by atoms with E-state index in [4.69, 9.17) is 15.3 Å². The van der Waals surface area contributed by atoms with Gasteiger partial charge >= 0.3 is 16.8 Å². The zero-order valence-corrected chi connectivity index (χ0v) is 5.93. The topological polar surface area (TPSA) is 234 Å². The van der Waals surface area contributed by atoms with E-state index in [9.17, 15) is 0 Å². The summed E-state index contributed by atoms with van der Waals surface area (Å²) in [5, 5.41) is 14.8. The summed E-state index contributed by atoms with van der Waals surface area (Å²) in [7, 11) is 0. The zero-order chi connectivity index (χ0) is 3.58. The van der Waals surface area contributed by atoms with Gasteiger partial charge in [0.2, 0.25) is 0 Å². The molecule has 0 amide bonds. The van der Waals surface area contributed by atoms with E-state index in [-0.39, 0.29) is 47.5 Å². The van der Waals surface area contributed by atoms with Crippen LogP contribution in [0.2, 0.25) is 0 Å². The van der Waals surface area contributed by atoms with Gasteiger partial charge in [-0.25, -0.2) is 0 Å². The van der Waals surface area contributed by atoms with E-state index in [1.54, 1.807) is 0 Å². The molecular formula is H10CoN6O3-3. The summed E-state index contributed by atoms with van der Waals surface area (Å²) < 4.78 is 0. The third kappa shape index (κ3) is 1300. The zero-order valence-electron chi connectivity index (χ0n) is 4.89. The molecule has 10 N–H and O–H groups in total. The number of nitrogens with zero attached hydrogens (tertiary/aromatic N) is 1. The number of hydrogen-bond acceptors (Lipinski definition) is 3. The molecule has 10 heavy (non-hydrogen) atoms. The fraction of sp³-hybridized carbons (Fsp3) is 0. The maximum absolute atomic E-state index is 8.25. The van der Waals surface area contributed by atoms with E-state index >= 15 is 0 Å². The average molecular weight is 201 g/mol. The van der Waals surface area contributed by atoms with Crippen molar-refractivity contribution >= 4 is 0 Å². The minimum Gasteiger partial charge on any atom is -0.693 e. The number of hydrogen-bond donors (Lipinski definition) is 0. The number of rotatable bonds is 0. The van der Waals surface area contributed by atoms with Gasteiger partial charge in [0.05, 0.1) is 5.09 Å². The normalized spacial score (nSPS) is 2.40. The van der Waals surface area contributed by atoms with Crippen LogP contribution in [-0.2, 0) is 16.8 Å². The van der Waals surface area contributed by atoms with Crippen molar-refractivity contribution in [3.8, 4) is 0 Å². The Labute approximate surface area is 68.8 Å². The summed E-state index contributed by atoms with van der Waals surface area (Å²) >= 11 is 0. The van der Waals surface area contributed by atoms with Gasteiger partial charge in [0.15, 0.2) is 0 Å². The molecule has 0 spiro atoms. The molecule has 0 atom stereocenters. The molecule has 70 valence electrons. The van der Waals surface area contributed by atoms with Crippen LogP contribution in [0.4, 0.5) is 0 Å². The Balaban J connectivity index is -0.00000000300. The Hall–Kier alpha value is -0.494. The third-order valence-electron chi connectivity index (χ3n) is 0. The average Bonchev–Trinajstić information content (AvgIpc) is 0.811. The molecular weight excluding hydrogens is 191 g/mol. The van der Waals surface area contributed by atoms with Gasteiger partial charge in [-0.1, -0.05) is 0 Å². The maximum atomic E-state index is 8.25. The largest absolute Gasteiger partial charge is 3.00 e. The molecule has 0 bridgehead atoms. The minimum atomic E-state index is -1.75. The van der Waals surface area contributed by atoms with Gasteiger partial charge in [-0.2, -0.15) is 0 Å². The van der Waals surface area contributed by atoms with E-state index in [0.717, 1.165) is 0 Å². The molecule has 0 aromatic carbocycles. The van der Waals surface area contributed by atoms with Crippen LogP contribution in [0.5, 0.6) is 0 Å². The predicted octanol–water partition coefficient (Wildman–Crippen LogP) is 3.34. The summed E-state index contributed by atoms with van der Waals surface area (Å²) in [6.45, 7) is 0. The van der Waals surface area contributed by atoms with E-state index in [2.05, 4.69) is 0 Å². The Bertz CT molecular complexity index is 36.0. The van der Waals surface area contributed by atoms with E-state index < -0.39 is 5.09 Å². The maximum Gasteiger partial charge on any atom is 3.00 e. The SMILES string of the molecule is O=[N+]([O-])[O-].[Co+3].[NH2-].[NH2-].[NH2-].[NH2-].[NH2-]. The number of nitrogens with two attached hydrogens (primary N) is 5. The van der Waals surface area contributed by atoms with E-state index in [0.29, 0.717) is 0 Å². The predicted molar refractivity (Wildman–Crippen MR) is 36.8 cm³/mol. The minimum absolute atomic E-state index is 0. The van der Waals surface area contributed by atoms with Gasteiger partial charge in [-0.05, 0) is 0 Å². The molecule has 9 nitrogen and oxygen atoms in total. The van der Waals surface area contributed by atoms with Crippen molar-refractivity contribution in [3.63, 3.8) is 0 Å². The fourth-order valence-electron chi connectivity index (χ4n) is 0. The third-order valence-corrected chi connectivity index (χ3v) is 0. The van der Waals surface area contributed by atoms with Crippen molar-refractivity contribution in [1.82, 2.24) is 0 Å². The molecule has 0 aliphatic rings. The van der Waals surface area contributed by atoms with E-state index in [1.807, 2.05) is 0 Å². The molecule has 0 aromatic heterocycles. The first kappa shape index (κ1) is 109. The van der Waals surface area contributed by atoms with Crippen LogP contribution in [0.15, 0.2) is 0 Å². The summed E-state index contributed by atoms with van der Waals surface area (Å²) in [5.41, 5.74) is 0. The molecule has 0 aliphatic heterocycles. The van der Waals surface area contributed by atoms with Crippen LogP contribution in [0, 0.1) is 15.3 Å². The fourth-order valence-corrected chi connectivity index (χ4v) is 0. The van der Waals surface area contributed by atoms with Crippen molar-refractivity contribution in [3.05, 3.63) is 46.1 Å². The van der Waals surface area contributed by atoms with Crippen LogP contribution < -0.4 is 0 Å². The second-order valence-corrected chi connectivity index (χ2v) is 0.224. The van der Waals surface area contributed by atoms with Crippen LogP contribution in [0.25, 0.3) is 30.8 Å². The van der Waals surface area contributed by atoms with Gasteiger partial charge in [0.25, 0.3) is 0 Å². The van der Waals surface area contributed by atoms with Crippen LogP contribution in [-0.4, -0.2) is 5.09 Å². The standard InChI is InChI=1S/Co.NO3.5H2N/c;2-1(3)4;;;;;/h;;5*1H2/q+3;6*-1. The molecule has 0 aliphatic carbocycles. The Morgan fingerprint density at radius 3 is 0.800 bits per heavy atom. The van der Waals surface area contributed by atoms with Crippen molar-refractivity contribution in [2.75, 3.05) is 0 Å². The molecule has 0 saturated heterocycles. The van der Waals surface area contributed by atoms with Gasteiger partial charge in [-0.15, -0.1) is 0 Å². The van der Waals surface area contributed by atoms with Gasteiger partial charge in [-0.3, -0.25) is 0 Å². The molecule has 0 fully saturated rings. The second kappa shape index (κ2) is 76.3. The van der Waals surface area contributed by atoms with Gasteiger partial charge in [0, 0.05) is 0 Å². The Morgan fingerprint density at radius 2 is 0.800 bits per heavy atom. The Kier molecular flexibility index (Phi) is 835. The smallest absolute Gasteiger partial charge is 0.693 e. The van der Waals surface area contributed by atoms with Crippen molar-refractivity contribution in [2.24, 2.45) is 0 Å². The summed E-state index contributed by atoms with van der Waals surface area (Å²) in [6.07, 6.45) is 0. The first-order valence-corrected chi connectivity index (χ1v) is 0.548. The van der Waals surface area contributed by atoms with E-state index in [1.165, 1.54) is 0 Å². The molecule has 0 heterocycles. The molecule has 0 radical (unpaired) electrons. The molecule has 10 heteroatoms. The molecule has 0 saturated carbocycles. The second-order valence-electron chi connectivity index (χ2n) is 0.224. The van der Waals surface area contributed by atoms with Crippen LogP contribution >= 0.6 is 0 Å². The summed E-state index contributed by atoms with van der Waals surface area (Å²) in [4.78, 5) is 8.25. The molecule has 0 aromatic rings. The van der Waals surface area contributed by atoms with Crippen molar-refractivity contribution in [1.29, 1.82) is 0 Å². The van der Waals surface area contributed by atoms with Gasteiger partial charge in [0.1, 0.15) is 0 Å². The van der Waals surface area contributed by atoms with Crippen LogP contribution in [0.1, 0.15) is 0 Å². The quantitative estimate of drug-likeness (QED) is 0.423. The molecule has 0 unspecified atom stereocenters. The van der Waals surface area contributed by atoms with Gasteiger partial charge < -0.3 is 46.1 Å². The summed E-state index contributed by atoms with van der Waals surface area (Å²) in [5.74, 6) is 0. The Morgan fingerprint density at radius 1 is 0.800 bits per heavy atom. The van der Waals surface area contributed by atoms with Crippen molar-refractivity contribution < 1.29 is 21.9 Å². The summed E-state index contributed by atoms with van der Waals surface area (Å²) in [6, 6.07) is 0. The van der Waals surface area contributed by atoms with Crippen molar-refractivity contribution in [2.45, 2.75) is 0 Å². The molecule has 0 rings (SSSR count). The first-order chi connectivity index (χ1) is 1.73. The monoisotopic (exact) mass is 201 g/mol. The first-order valence-electron chi connectivity index (χ1n) is 0.548. The van der Waals surface area contributed by atoms with Crippen LogP contribution in [0.3, 0.4) is 0 Å².